The van der Waals surface area contributed by atoms with E-state index in [0.29, 0.717) is 10.7 Å². The number of halogens is 1. The van der Waals surface area contributed by atoms with Crippen molar-refractivity contribution >= 4 is 39.1 Å². The van der Waals surface area contributed by atoms with Crippen molar-refractivity contribution in [3.05, 3.63) is 89.7 Å². The third kappa shape index (κ3) is 4.81. The highest BCUT2D eigenvalue weighted by molar-refractivity contribution is 7.91. The normalized spacial score (nSPS) is 11.4. The van der Waals surface area contributed by atoms with Crippen molar-refractivity contribution in [1.29, 1.82) is 0 Å². The van der Waals surface area contributed by atoms with Crippen LogP contribution in [0.1, 0.15) is 5.56 Å². The summed E-state index contributed by atoms with van der Waals surface area (Å²) in [7, 11) is -3.64. The van der Waals surface area contributed by atoms with Crippen LogP contribution in [0, 0.1) is 0 Å². The predicted octanol–water partition coefficient (Wildman–Crippen LogP) is 4.22. The molecule has 0 radical (unpaired) electrons. The van der Waals surface area contributed by atoms with Gasteiger partial charge in [-0.1, -0.05) is 17.7 Å². The molecule has 1 amide bonds. The lowest BCUT2D eigenvalue weighted by Crippen LogP contribution is -2.08. The van der Waals surface area contributed by atoms with Gasteiger partial charge in [0.25, 0.3) is 0 Å². The largest absolute Gasteiger partial charge is 0.323 e. The molecular formula is C20H15ClN2O3S. The molecule has 0 aliphatic heterocycles. The molecule has 0 saturated carbocycles. The summed E-state index contributed by atoms with van der Waals surface area (Å²) < 4.78 is 25.2. The average Bonchev–Trinajstić information content (AvgIpc) is 2.68. The van der Waals surface area contributed by atoms with E-state index in [1.807, 2.05) is 6.07 Å². The van der Waals surface area contributed by atoms with E-state index in [9.17, 15) is 13.2 Å². The third-order valence-corrected chi connectivity index (χ3v) is 5.71. The Hall–Kier alpha value is -2.96. The number of benzene rings is 2. The molecule has 3 aromatic rings. The minimum absolute atomic E-state index is 0.133. The molecule has 27 heavy (non-hydrogen) atoms. The van der Waals surface area contributed by atoms with E-state index in [2.05, 4.69) is 10.3 Å². The summed E-state index contributed by atoms with van der Waals surface area (Å²) in [5, 5.41) is 3.14. The van der Waals surface area contributed by atoms with Crippen LogP contribution in [0.2, 0.25) is 5.02 Å². The van der Waals surface area contributed by atoms with Gasteiger partial charge in [0.2, 0.25) is 15.7 Å². The standard InChI is InChI=1S/C20H15ClN2O3S/c21-16-4-8-18(9-5-16)27(25,26)19-10-6-17(7-11-19)23-20(24)12-3-15-2-1-13-22-14-15/h1-14H,(H,23,24). The van der Waals surface area contributed by atoms with E-state index in [0.717, 1.165) is 5.56 Å². The number of carbonyl (C=O) groups is 1. The first-order chi connectivity index (χ1) is 12.9. The maximum Gasteiger partial charge on any atom is 0.248 e. The molecule has 0 fully saturated rings. The van der Waals surface area contributed by atoms with Crippen molar-refractivity contribution in [1.82, 2.24) is 4.98 Å². The monoisotopic (exact) mass is 398 g/mol. The zero-order valence-electron chi connectivity index (χ0n) is 14.0. The molecule has 5 nitrogen and oxygen atoms in total. The van der Waals surface area contributed by atoms with Gasteiger partial charge in [0, 0.05) is 29.2 Å². The molecule has 1 N–H and O–H groups in total. The molecule has 1 aromatic heterocycles. The van der Waals surface area contributed by atoms with Crippen LogP contribution < -0.4 is 5.32 Å². The molecule has 3 rings (SSSR count). The fourth-order valence-corrected chi connectivity index (χ4v) is 3.68. The Morgan fingerprint density at radius 3 is 2.19 bits per heavy atom. The highest BCUT2D eigenvalue weighted by Crippen LogP contribution is 2.23. The molecule has 0 unspecified atom stereocenters. The Labute approximate surface area is 162 Å². The van der Waals surface area contributed by atoms with Crippen LogP contribution >= 0.6 is 11.6 Å². The Bertz CT molecular complexity index is 1060. The van der Waals surface area contributed by atoms with Crippen LogP contribution in [0.3, 0.4) is 0 Å². The van der Waals surface area contributed by atoms with Gasteiger partial charge in [-0.25, -0.2) is 8.42 Å². The van der Waals surface area contributed by atoms with E-state index in [1.165, 1.54) is 42.5 Å². The number of hydrogen-bond acceptors (Lipinski definition) is 4. The van der Waals surface area contributed by atoms with Crippen LogP contribution in [-0.4, -0.2) is 19.3 Å². The average molecular weight is 399 g/mol. The highest BCUT2D eigenvalue weighted by Gasteiger charge is 2.17. The van der Waals surface area contributed by atoms with E-state index in [1.54, 1.807) is 36.7 Å². The van der Waals surface area contributed by atoms with Crippen LogP contribution in [0.15, 0.2) is 88.9 Å². The number of rotatable bonds is 5. The third-order valence-electron chi connectivity index (χ3n) is 3.67. The summed E-state index contributed by atoms with van der Waals surface area (Å²) in [6.07, 6.45) is 6.31. The van der Waals surface area contributed by atoms with Gasteiger partial charge in [0.05, 0.1) is 9.79 Å². The molecule has 0 saturated heterocycles. The summed E-state index contributed by atoms with van der Waals surface area (Å²) in [5.41, 5.74) is 1.29. The minimum Gasteiger partial charge on any atom is -0.323 e. The van der Waals surface area contributed by atoms with E-state index in [4.69, 9.17) is 11.6 Å². The second-order valence-electron chi connectivity index (χ2n) is 5.59. The van der Waals surface area contributed by atoms with Crippen LogP contribution in [0.5, 0.6) is 0 Å². The number of hydrogen-bond donors (Lipinski definition) is 1. The lowest BCUT2D eigenvalue weighted by molar-refractivity contribution is -0.111. The summed E-state index contributed by atoms with van der Waals surface area (Å²) in [5.74, 6) is -0.327. The molecule has 2 aromatic carbocycles. The van der Waals surface area contributed by atoms with Crippen molar-refractivity contribution in [2.24, 2.45) is 0 Å². The van der Waals surface area contributed by atoms with Crippen LogP contribution in [0.25, 0.3) is 6.08 Å². The predicted molar refractivity (Wildman–Crippen MR) is 105 cm³/mol. The number of pyridine rings is 1. The Balaban J connectivity index is 1.70. The lowest BCUT2D eigenvalue weighted by Gasteiger charge is -2.07. The maximum atomic E-state index is 12.6. The molecule has 7 heteroatoms. The fourth-order valence-electron chi connectivity index (χ4n) is 2.30. The number of carbonyl (C=O) groups excluding carboxylic acids is 1. The number of nitrogens with zero attached hydrogens (tertiary/aromatic N) is 1. The smallest absolute Gasteiger partial charge is 0.248 e. The molecule has 0 bridgehead atoms. The Morgan fingerprint density at radius 1 is 0.963 bits per heavy atom. The summed E-state index contributed by atoms with van der Waals surface area (Å²) >= 11 is 5.80. The number of aromatic nitrogens is 1. The number of sulfone groups is 1. The number of nitrogens with one attached hydrogen (secondary N) is 1. The van der Waals surface area contributed by atoms with Crippen LogP contribution in [0.4, 0.5) is 5.69 Å². The minimum atomic E-state index is -3.64. The molecule has 1 heterocycles. The highest BCUT2D eigenvalue weighted by atomic mass is 35.5. The lowest BCUT2D eigenvalue weighted by atomic mass is 10.2. The van der Waals surface area contributed by atoms with Crippen molar-refractivity contribution in [2.75, 3.05) is 5.32 Å². The summed E-state index contributed by atoms with van der Waals surface area (Å²) in [4.78, 5) is 16.2. The maximum absolute atomic E-state index is 12.6. The molecule has 0 aliphatic rings. The molecular weight excluding hydrogens is 384 g/mol. The van der Waals surface area contributed by atoms with Crippen molar-refractivity contribution in [3.63, 3.8) is 0 Å². The van der Waals surface area contributed by atoms with E-state index >= 15 is 0 Å². The van der Waals surface area contributed by atoms with Gasteiger partial charge in [0.1, 0.15) is 0 Å². The van der Waals surface area contributed by atoms with Gasteiger partial charge in [0.15, 0.2) is 0 Å². The van der Waals surface area contributed by atoms with Gasteiger partial charge < -0.3 is 5.32 Å². The quantitative estimate of drug-likeness (QED) is 0.653. The first-order valence-corrected chi connectivity index (χ1v) is 9.81. The van der Waals surface area contributed by atoms with Gasteiger partial charge >= 0.3 is 0 Å². The van der Waals surface area contributed by atoms with Crippen molar-refractivity contribution < 1.29 is 13.2 Å². The van der Waals surface area contributed by atoms with E-state index < -0.39 is 9.84 Å². The van der Waals surface area contributed by atoms with Crippen molar-refractivity contribution in [3.8, 4) is 0 Å². The van der Waals surface area contributed by atoms with Crippen molar-refractivity contribution in [2.45, 2.75) is 9.79 Å². The van der Waals surface area contributed by atoms with Gasteiger partial charge in [-0.05, 0) is 66.2 Å². The molecule has 0 spiro atoms. The summed E-state index contributed by atoms with van der Waals surface area (Å²) in [6, 6.07) is 15.5. The van der Waals surface area contributed by atoms with Crippen LogP contribution in [-0.2, 0) is 14.6 Å². The second kappa shape index (κ2) is 8.16. The second-order valence-corrected chi connectivity index (χ2v) is 7.98. The SMILES string of the molecule is O=C(C=Cc1cccnc1)Nc1ccc(S(=O)(=O)c2ccc(Cl)cc2)cc1. The zero-order valence-corrected chi connectivity index (χ0v) is 15.6. The Morgan fingerprint density at radius 2 is 1.59 bits per heavy atom. The molecule has 136 valence electrons. The molecule has 0 atom stereocenters. The topological polar surface area (TPSA) is 76.1 Å². The van der Waals surface area contributed by atoms with Gasteiger partial charge in [-0.2, -0.15) is 0 Å². The molecule has 0 aliphatic carbocycles. The first-order valence-electron chi connectivity index (χ1n) is 7.95. The Kier molecular flexibility index (Phi) is 5.69. The zero-order chi connectivity index (χ0) is 19.3. The van der Waals surface area contributed by atoms with Gasteiger partial charge in [-0.3, -0.25) is 9.78 Å². The van der Waals surface area contributed by atoms with E-state index in [-0.39, 0.29) is 15.7 Å². The summed E-state index contributed by atoms with van der Waals surface area (Å²) in [6.45, 7) is 0. The fraction of sp³-hybridized carbons (Fsp3) is 0. The number of amides is 1. The first kappa shape index (κ1) is 18.8. The number of anilines is 1. The van der Waals surface area contributed by atoms with Gasteiger partial charge in [-0.15, -0.1) is 0 Å².